The molecule has 1 aliphatic carbocycles. The summed E-state index contributed by atoms with van der Waals surface area (Å²) in [5, 5.41) is 11.9. The average molecular weight is 258 g/mol. The van der Waals surface area contributed by atoms with E-state index in [1.165, 1.54) is 31.2 Å². The number of hydrogen-bond donors (Lipinski definition) is 1. The lowest BCUT2D eigenvalue weighted by atomic mass is 9.79. The Balaban J connectivity index is 1.99. The van der Waals surface area contributed by atoms with Gasteiger partial charge in [0.25, 0.3) is 5.69 Å². The largest absolute Gasteiger partial charge is 0.361 e. The van der Waals surface area contributed by atoms with Crippen molar-refractivity contribution in [3.05, 3.63) is 40.1 Å². The van der Waals surface area contributed by atoms with E-state index >= 15 is 0 Å². The highest BCUT2D eigenvalue weighted by molar-refractivity contribution is 5.85. The minimum absolute atomic E-state index is 0.178. The van der Waals surface area contributed by atoms with Gasteiger partial charge in [0.05, 0.1) is 4.92 Å². The predicted octanol–water partition coefficient (Wildman–Crippen LogP) is 4.37. The monoisotopic (exact) mass is 258 g/mol. The molecule has 0 atom stereocenters. The number of non-ortho nitro benzene ring substituents is 1. The summed E-state index contributed by atoms with van der Waals surface area (Å²) < 4.78 is 0. The van der Waals surface area contributed by atoms with E-state index in [2.05, 4.69) is 11.9 Å². The maximum atomic E-state index is 10.9. The van der Waals surface area contributed by atoms with Crippen LogP contribution in [0.1, 0.15) is 44.1 Å². The molecule has 0 spiro atoms. The Morgan fingerprint density at radius 1 is 1.26 bits per heavy atom. The van der Waals surface area contributed by atoms with Gasteiger partial charge < -0.3 is 4.98 Å². The lowest BCUT2D eigenvalue weighted by molar-refractivity contribution is -0.384. The Morgan fingerprint density at radius 2 is 2.00 bits per heavy atom. The number of hydrogen-bond acceptors (Lipinski definition) is 2. The molecule has 1 aliphatic rings. The molecule has 4 nitrogen and oxygen atoms in total. The summed E-state index contributed by atoms with van der Waals surface area (Å²) in [6.45, 7) is 2.30. The number of nitro groups is 1. The van der Waals surface area contributed by atoms with Crippen LogP contribution in [0, 0.1) is 16.0 Å². The lowest BCUT2D eigenvalue weighted by Gasteiger charge is -2.25. The molecule has 3 rings (SSSR count). The van der Waals surface area contributed by atoms with Gasteiger partial charge in [-0.25, -0.2) is 0 Å². The third-order valence-corrected chi connectivity index (χ3v) is 4.36. The number of aromatic amines is 1. The highest BCUT2D eigenvalue weighted by atomic mass is 16.6. The van der Waals surface area contributed by atoms with Crippen LogP contribution in [0.3, 0.4) is 0 Å². The molecule has 19 heavy (non-hydrogen) atoms. The molecule has 0 aliphatic heterocycles. The van der Waals surface area contributed by atoms with Crippen LogP contribution in [0.25, 0.3) is 10.9 Å². The summed E-state index contributed by atoms with van der Waals surface area (Å²) in [7, 11) is 0. The topological polar surface area (TPSA) is 58.9 Å². The van der Waals surface area contributed by atoms with E-state index in [0.29, 0.717) is 5.92 Å². The quantitative estimate of drug-likeness (QED) is 0.642. The van der Waals surface area contributed by atoms with E-state index in [1.54, 1.807) is 12.1 Å². The molecule has 0 saturated heterocycles. The van der Waals surface area contributed by atoms with Crippen molar-refractivity contribution in [1.82, 2.24) is 4.98 Å². The third-order valence-electron chi connectivity index (χ3n) is 4.36. The number of H-pyrrole nitrogens is 1. The third kappa shape index (κ3) is 2.23. The lowest BCUT2D eigenvalue weighted by Crippen LogP contribution is -2.10. The van der Waals surface area contributed by atoms with Crippen LogP contribution in [0.15, 0.2) is 24.4 Å². The predicted molar refractivity (Wildman–Crippen MR) is 75.3 cm³/mol. The molecular weight excluding hydrogens is 240 g/mol. The molecule has 1 aromatic heterocycles. The molecule has 1 N–H and O–H groups in total. The van der Waals surface area contributed by atoms with Crippen molar-refractivity contribution in [2.24, 2.45) is 5.92 Å². The second-order valence-electron chi connectivity index (χ2n) is 5.69. The summed E-state index contributed by atoms with van der Waals surface area (Å²) >= 11 is 0. The average Bonchev–Trinajstić information content (AvgIpc) is 2.82. The zero-order valence-electron chi connectivity index (χ0n) is 11.1. The minimum Gasteiger partial charge on any atom is -0.361 e. The van der Waals surface area contributed by atoms with E-state index in [1.807, 2.05) is 12.3 Å². The maximum absolute atomic E-state index is 10.9. The first-order valence-corrected chi connectivity index (χ1v) is 6.90. The summed E-state index contributed by atoms with van der Waals surface area (Å²) in [6, 6.07) is 5.08. The minimum atomic E-state index is -0.320. The Kier molecular flexibility index (Phi) is 3.01. The van der Waals surface area contributed by atoms with Crippen LogP contribution in [-0.4, -0.2) is 9.91 Å². The van der Waals surface area contributed by atoms with Crippen molar-refractivity contribution in [3.8, 4) is 0 Å². The number of nitro benzene ring substituents is 1. The normalized spacial score (nSPS) is 23.6. The van der Waals surface area contributed by atoms with E-state index in [9.17, 15) is 10.1 Å². The van der Waals surface area contributed by atoms with E-state index < -0.39 is 0 Å². The van der Waals surface area contributed by atoms with E-state index in [4.69, 9.17) is 0 Å². The Bertz CT molecular complexity index is 610. The Morgan fingerprint density at radius 3 is 2.68 bits per heavy atom. The summed E-state index contributed by atoms with van der Waals surface area (Å²) in [5.74, 6) is 1.36. The van der Waals surface area contributed by atoms with Gasteiger partial charge in [-0.2, -0.15) is 0 Å². The summed E-state index contributed by atoms with van der Waals surface area (Å²) in [5.41, 5.74) is 2.43. The molecule has 1 fully saturated rings. The van der Waals surface area contributed by atoms with Gasteiger partial charge in [0, 0.05) is 29.2 Å². The first-order chi connectivity index (χ1) is 9.15. The molecule has 1 heterocycles. The van der Waals surface area contributed by atoms with Crippen molar-refractivity contribution in [1.29, 1.82) is 0 Å². The second kappa shape index (κ2) is 4.68. The molecule has 4 heteroatoms. The van der Waals surface area contributed by atoms with Gasteiger partial charge in [0.2, 0.25) is 0 Å². The highest BCUT2D eigenvalue weighted by Crippen LogP contribution is 2.39. The van der Waals surface area contributed by atoms with Crippen molar-refractivity contribution in [3.63, 3.8) is 0 Å². The van der Waals surface area contributed by atoms with Crippen LogP contribution in [0.2, 0.25) is 0 Å². The fourth-order valence-corrected chi connectivity index (χ4v) is 3.15. The zero-order valence-corrected chi connectivity index (χ0v) is 11.1. The van der Waals surface area contributed by atoms with Gasteiger partial charge in [-0.05, 0) is 36.3 Å². The van der Waals surface area contributed by atoms with Crippen LogP contribution in [0.4, 0.5) is 5.69 Å². The molecule has 1 saturated carbocycles. The zero-order chi connectivity index (χ0) is 13.4. The van der Waals surface area contributed by atoms with Crippen molar-refractivity contribution >= 4 is 16.6 Å². The molecule has 0 radical (unpaired) electrons. The Hall–Kier alpha value is -1.84. The van der Waals surface area contributed by atoms with Crippen LogP contribution < -0.4 is 0 Å². The van der Waals surface area contributed by atoms with E-state index in [0.717, 1.165) is 16.8 Å². The van der Waals surface area contributed by atoms with Crippen molar-refractivity contribution in [2.75, 3.05) is 0 Å². The molecule has 1 aromatic carbocycles. The first kappa shape index (κ1) is 12.2. The molecule has 0 amide bonds. The first-order valence-electron chi connectivity index (χ1n) is 6.90. The number of nitrogens with zero attached hydrogens (tertiary/aromatic N) is 1. The summed E-state index contributed by atoms with van der Waals surface area (Å²) in [6.07, 6.45) is 6.93. The van der Waals surface area contributed by atoms with Gasteiger partial charge >= 0.3 is 0 Å². The van der Waals surface area contributed by atoms with Gasteiger partial charge in [-0.3, -0.25) is 10.1 Å². The maximum Gasteiger partial charge on any atom is 0.270 e. The molecule has 0 bridgehead atoms. The molecular formula is C15H18N2O2. The van der Waals surface area contributed by atoms with Gasteiger partial charge in [0.15, 0.2) is 0 Å². The van der Waals surface area contributed by atoms with E-state index in [-0.39, 0.29) is 10.6 Å². The standard InChI is InChI=1S/C15H18N2O2/c1-10-2-4-11(5-3-10)14-9-16-15-7-6-12(17(18)19)8-13(14)15/h6-11,16H,2-5H2,1H3. The van der Waals surface area contributed by atoms with Crippen molar-refractivity contribution < 1.29 is 4.92 Å². The highest BCUT2D eigenvalue weighted by Gasteiger charge is 2.22. The van der Waals surface area contributed by atoms with Crippen molar-refractivity contribution in [2.45, 2.75) is 38.5 Å². The van der Waals surface area contributed by atoms with Crippen LogP contribution in [-0.2, 0) is 0 Å². The molecule has 100 valence electrons. The summed E-state index contributed by atoms with van der Waals surface area (Å²) in [4.78, 5) is 13.8. The van der Waals surface area contributed by atoms with Crippen LogP contribution >= 0.6 is 0 Å². The second-order valence-corrected chi connectivity index (χ2v) is 5.69. The number of nitrogens with one attached hydrogen (secondary N) is 1. The fraction of sp³-hybridized carbons (Fsp3) is 0.467. The Labute approximate surface area is 112 Å². The number of fused-ring (bicyclic) bond motifs is 1. The number of benzene rings is 1. The van der Waals surface area contributed by atoms with Gasteiger partial charge in [-0.15, -0.1) is 0 Å². The molecule has 0 unspecified atom stereocenters. The van der Waals surface area contributed by atoms with Crippen LogP contribution in [0.5, 0.6) is 0 Å². The smallest absolute Gasteiger partial charge is 0.270 e. The molecule has 2 aromatic rings. The van der Waals surface area contributed by atoms with Gasteiger partial charge in [0.1, 0.15) is 0 Å². The van der Waals surface area contributed by atoms with Gasteiger partial charge in [-0.1, -0.05) is 19.8 Å². The SMILES string of the molecule is CC1CCC(c2c[nH]c3ccc([N+](=O)[O-])cc23)CC1. The number of aromatic nitrogens is 1. The number of rotatable bonds is 2. The fourth-order valence-electron chi connectivity index (χ4n) is 3.15.